The molecule has 0 aliphatic heterocycles. The number of ether oxygens (including phenoxy) is 1. The average Bonchev–Trinajstić information content (AvgIpc) is 2.97. The van der Waals surface area contributed by atoms with E-state index in [2.05, 4.69) is 32.2 Å². The Morgan fingerprint density at radius 3 is 2.91 bits per heavy atom. The number of hydrogen-bond donors (Lipinski definition) is 2. The minimum Gasteiger partial charge on any atom is -0.480 e. The highest BCUT2D eigenvalue weighted by molar-refractivity contribution is 5.74. The summed E-state index contributed by atoms with van der Waals surface area (Å²) in [5.41, 5.74) is 1.94. The topological polar surface area (TPSA) is 75.7 Å². The molecule has 0 fully saturated rings. The lowest BCUT2D eigenvalue weighted by Gasteiger charge is -2.11. The third kappa shape index (κ3) is 3.77. The standard InChI is InChI=1S/C17H21N5O/c1-3-4-9-18-17-15(10-19-12(2)20-17)23-11-16-21-13-7-5-6-8-14(13)22-16/h5-8,10H,3-4,9,11H2,1-2H3,(H,21,22)(H,18,19,20). The summed E-state index contributed by atoms with van der Waals surface area (Å²) in [6, 6.07) is 7.92. The van der Waals surface area contributed by atoms with Crippen molar-refractivity contribution < 1.29 is 4.74 Å². The fraction of sp³-hybridized carbons (Fsp3) is 0.353. The number of benzene rings is 1. The second-order valence-electron chi connectivity index (χ2n) is 5.40. The predicted octanol–water partition coefficient (Wildman–Crippen LogP) is 3.45. The molecule has 0 saturated heterocycles. The number of aromatic amines is 1. The van der Waals surface area contributed by atoms with E-state index >= 15 is 0 Å². The molecule has 0 radical (unpaired) electrons. The molecule has 120 valence electrons. The first-order valence-corrected chi connectivity index (χ1v) is 7.90. The van der Waals surface area contributed by atoms with E-state index in [0.29, 0.717) is 12.4 Å². The fourth-order valence-corrected chi connectivity index (χ4v) is 2.29. The van der Waals surface area contributed by atoms with Crippen molar-refractivity contribution in [2.24, 2.45) is 0 Å². The zero-order valence-corrected chi connectivity index (χ0v) is 13.5. The summed E-state index contributed by atoms with van der Waals surface area (Å²) >= 11 is 0. The highest BCUT2D eigenvalue weighted by Gasteiger charge is 2.09. The van der Waals surface area contributed by atoms with Gasteiger partial charge in [0.1, 0.15) is 18.3 Å². The summed E-state index contributed by atoms with van der Waals surface area (Å²) in [6.07, 6.45) is 3.93. The second kappa shape index (κ2) is 7.09. The molecule has 1 aromatic carbocycles. The predicted molar refractivity (Wildman–Crippen MR) is 90.6 cm³/mol. The number of nitrogens with zero attached hydrogens (tertiary/aromatic N) is 3. The van der Waals surface area contributed by atoms with Gasteiger partial charge in [-0.2, -0.15) is 0 Å². The maximum atomic E-state index is 5.86. The van der Waals surface area contributed by atoms with E-state index in [4.69, 9.17) is 4.74 Å². The lowest BCUT2D eigenvalue weighted by Crippen LogP contribution is -2.08. The number of anilines is 1. The van der Waals surface area contributed by atoms with Gasteiger partial charge in [0.25, 0.3) is 0 Å². The lowest BCUT2D eigenvalue weighted by molar-refractivity contribution is 0.296. The van der Waals surface area contributed by atoms with Crippen LogP contribution in [-0.4, -0.2) is 26.5 Å². The molecule has 23 heavy (non-hydrogen) atoms. The number of aromatic nitrogens is 4. The second-order valence-corrected chi connectivity index (χ2v) is 5.40. The van der Waals surface area contributed by atoms with E-state index < -0.39 is 0 Å². The van der Waals surface area contributed by atoms with Crippen LogP contribution in [0.2, 0.25) is 0 Å². The molecule has 3 aromatic rings. The van der Waals surface area contributed by atoms with Crippen LogP contribution in [0.3, 0.4) is 0 Å². The lowest BCUT2D eigenvalue weighted by atomic mass is 10.3. The van der Waals surface area contributed by atoms with E-state index in [9.17, 15) is 0 Å². The molecule has 0 unspecified atom stereocenters. The molecule has 0 spiro atoms. The van der Waals surface area contributed by atoms with Crippen molar-refractivity contribution in [3.63, 3.8) is 0 Å². The minimum absolute atomic E-state index is 0.351. The number of rotatable bonds is 7. The number of hydrogen-bond acceptors (Lipinski definition) is 5. The number of H-pyrrole nitrogens is 1. The Hall–Kier alpha value is -2.63. The van der Waals surface area contributed by atoms with Gasteiger partial charge in [-0.25, -0.2) is 15.0 Å². The SMILES string of the molecule is CCCCNc1nc(C)ncc1OCc1nc2ccccc2[nH]1. The maximum absolute atomic E-state index is 5.86. The first-order valence-electron chi connectivity index (χ1n) is 7.90. The zero-order chi connectivity index (χ0) is 16.1. The smallest absolute Gasteiger partial charge is 0.180 e. The Bertz CT molecular complexity index is 751. The van der Waals surface area contributed by atoms with Crippen molar-refractivity contribution >= 4 is 16.9 Å². The van der Waals surface area contributed by atoms with Gasteiger partial charge in [0.15, 0.2) is 11.6 Å². The Kier molecular flexibility index (Phi) is 4.71. The maximum Gasteiger partial charge on any atom is 0.180 e. The molecule has 2 aromatic heterocycles. The molecular formula is C17H21N5O. The highest BCUT2D eigenvalue weighted by atomic mass is 16.5. The molecular weight excluding hydrogens is 290 g/mol. The molecule has 0 saturated carbocycles. The first-order chi connectivity index (χ1) is 11.3. The number of unbranched alkanes of at least 4 members (excludes halogenated alkanes) is 1. The largest absolute Gasteiger partial charge is 0.480 e. The van der Waals surface area contributed by atoms with Crippen LogP contribution in [0.4, 0.5) is 5.82 Å². The summed E-state index contributed by atoms with van der Waals surface area (Å²) in [6.45, 7) is 5.25. The Morgan fingerprint density at radius 2 is 2.09 bits per heavy atom. The molecule has 0 aliphatic carbocycles. The molecule has 0 aliphatic rings. The highest BCUT2D eigenvalue weighted by Crippen LogP contribution is 2.22. The Morgan fingerprint density at radius 1 is 1.22 bits per heavy atom. The van der Waals surface area contributed by atoms with Gasteiger partial charge >= 0.3 is 0 Å². The monoisotopic (exact) mass is 311 g/mol. The van der Waals surface area contributed by atoms with E-state index in [-0.39, 0.29) is 0 Å². The van der Waals surface area contributed by atoms with Crippen LogP contribution in [0.1, 0.15) is 31.4 Å². The van der Waals surface area contributed by atoms with Gasteiger partial charge in [-0.05, 0) is 25.5 Å². The van der Waals surface area contributed by atoms with E-state index in [1.807, 2.05) is 31.2 Å². The van der Waals surface area contributed by atoms with Gasteiger partial charge in [-0.1, -0.05) is 25.5 Å². The van der Waals surface area contributed by atoms with Crippen molar-refractivity contribution in [3.8, 4) is 5.75 Å². The third-order valence-corrected chi connectivity index (χ3v) is 3.50. The van der Waals surface area contributed by atoms with E-state index in [1.54, 1.807) is 6.20 Å². The number of imidazole rings is 1. The Balaban J connectivity index is 1.71. The number of para-hydroxylation sites is 2. The van der Waals surface area contributed by atoms with Crippen LogP contribution < -0.4 is 10.1 Å². The molecule has 6 nitrogen and oxygen atoms in total. The van der Waals surface area contributed by atoms with Crippen LogP contribution >= 0.6 is 0 Å². The minimum atomic E-state index is 0.351. The summed E-state index contributed by atoms with van der Waals surface area (Å²) in [7, 11) is 0. The van der Waals surface area contributed by atoms with Crippen LogP contribution in [0.25, 0.3) is 11.0 Å². The van der Waals surface area contributed by atoms with Gasteiger partial charge in [0.2, 0.25) is 0 Å². The van der Waals surface area contributed by atoms with Gasteiger partial charge in [0, 0.05) is 6.54 Å². The zero-order valence-electron chi connectivity index (χ0n) is 13.5. The molecule has 0 bridgehead atoms. The van der Waals surface area contributed by atoms with Crippen LogP contribution in [-0.2, 0) is 6.61 Å². The van der Waals surface area contributed by atoms with Crippen molar-refractivity contribution in [3.05, 3.63) is 42.1 Å². The first kappa shape index (κ1) is 15.3. The van der Waals surface area contributed by atoms with E-state index in [0.717, 1.165) is 47.9 Å². The molecule has 0 amide bonds. The fourth-order valence-electron chi connectivity index (χ4n) is 2.29. The molecule has 6 heteroatoms. The number of aryl methyl sites for hydroxylation is 1. The normalized spacial score (nSPS) is 10.9. The summed E-state index contributed by atoms with van der Waals surface area (Å²) < 4.78 is 5.86. The molecule has 2 heterocycles. The summed E-state index contributed by atoms with van der Waals surface area (Å²) in [4.78, 5) is 16.4. The van der Waals surface area contributed by atoms with Gasteiger partial charge < -0.3 is 15.0 Å². The van der Waals surface area contributed by atoms with E-state index in [1.165, 1.54) is 0 Å². The number of nitrogens with one attached hydrogen (secondary N) is 2. The van der Waals surface area contributed by atoms with Crippen LogP contribution in [0, 0.1) is 6.92 Å². The van der Waals surface area contributed by atoms with Gasteiger partial charge in [-0.15, -0.1) is 0 Å². The van der Waals surface area contributed by atoms with Crippen molar-refractivity contribution in [1.82, 2.24) is 19.9 Å². The van der Waals surface area contributed by atoms with Crippen molar-refractivity contribution in [2.45, 2.75) is 33.3 Å². The Labute approximate surface area is 135 Å². The molecule has 0 atom stereocenters. The number of fused-ring (bicyclic) bond motifs is 1. The summed E-state index contributed by atoms with van der Waals surface area (Å²) in [5.74, 6) is 2.89. The van der Waals surface area contributed by atoms with Gasteiger partial charge in [0.05, 0.1) is 17.2 Å². The van der Waals surface area contributed by atoms with Crippen molar-refractivity contribution in [1.29, 1.82) is 0 Å². The average molecular weight is 311 g/mol. The van der Waals surface area contributed by atoms with Gasteiger partial charge in [-0.3, -0.25) is 0 Å². The molecule has 2 N–H and O–H groups in total. The van der Waals surface area contributed by atoms with Crippen LogP contribution in [0.15, 0.2) is 30.5 Å². The van der Waals surface area contributed by atoms with Crippen molar-refractivity contribution in [2.75, 3.05) is 11.9 Å². The molecule has 3 rings (SSSR count). The quantitative estimate of drug-likeness (QED) is 0.654. The third-order valence-electron chi connectivity index (χ3n) is 3.50. The van der Waals surface area contributed by atoms with Crippen LogP contribution in [0.5, 0.6) is 5.75 Å². The summed E-state index contributed by atoms with van der Waals surface area (Å²) in [5, 5.41) is 3.31.